The normalized spacial score (nSPS) is 22.9. The number of nitrogens with one attached hydrogen (secondary N) is 3. The van der Waals surface area contributed by atoms with E-state index in [-0.39, 0.29) is 24.3 Å². The topological polar surface area (TPSA) is 70.2 Å². The van der Waals surface area contributed by atoms with E-state index in [1.165, 1.54) is 0 Å². The lowest BCUT2D eigenvalue weighted by molar-refractivity contribution is -0.129. The second kappa shape index (κ2) is 10.4. The predicted molar refractivity (Wildman–Crippen MR) is 128 cm³/mol. The van der Waals surface area contributed by atoms with E-state index in [2.05, 4.69) is 16.0 Å². The van der Waals surface area contributed by atoms with Crippen LogP contribution in [-0.4, -0.2) is 36.0 Å². The Hall–Kier alpha value is -1.79. The van der Waals surface area contributed by atoms with E-state index in [4.69, 9.17) is 34.8 Å². The summed E-state index contributed by atoms with van der Waals surface area (Å²) < 4.78 is 0. The van der Waals surface area contributed by atoms with Gasteiger partial charge in [-0.2, -0.15) is 0 Å². The van der Waals surface area contributed by atoms with E-state index >= 15 is 0 Å². The first kappa shape index (κ1) is 23.4. The number of hydrogen-bond acceptors (Lipinski definition) is 3. The van der Waals surface area contributed by atoms with Crippen molar-refractivity contribution >= 4 is 46.6 Å². The fourth-order valence-corrected chi connectivity index (χ4v) is 5.07. The minimum absolute atomic E-state index is 0.110. The zero-order valence-electron chi connectivity index (χ0n) is 17.5. The van der Waals surface area contributed by atoms with Crippen LogP contribution >= 0.6 is 34.8 Å². The van der Waals surface area contributed by atoms with Crippen LogP contribution in [-0.2, 0) is 22.4 Å². The lowest BCUT2D eigenvalue weighted by Crippen LogP contribution is -2.54. The largest absolute Gasteiger partial charge is 0.351 e. The van der Waals surface area contributed by atoms with Crippen LogP contribution < -0.4 is 16.0 Å². The molecule has 2 aliphatic rings. The minimum atomic E-state index is -0.681. The Labute approximate surface area is 203 Å². The average molecular weight is 495 g/mol. The Morgan fingerprint density at radius 1 is 0.938 bits per heavy atom. The molecule has 2 bridgehead atoms. The van der Waals surface area contributed by atoms with Crippen molar-refractivity contribution in [1.29, 1.82) is 0 Å². The van der Waals surface area contributed by atoms with Crippen molar-refractivity contribution in [1.82, 2.24) is 16.0 Å². The van der Waals surface area contributed by atoms with Gasteiger partial charge in [-0.3, -0.25) is 9.59 Å². The van der Waals surface area contributed by atoms with Crippen molar-refractivity contribution in [3.8, 4) is 0 Å². The maximum absolute atomic E-state index is 13.2. The number of piperidine rings is 1. The molecule has 0 radical (unpaired) electrons. The Morgan fingerprint density at radius 2 is 1.59 bits per heavy atom. The van der Waals surface area contributed by atoms with Crippen molar-refractivity contribution < 1.29 is 9.59 Å². The average Bonchev–Trinajstić information content (AvgIpc) is 3.09. The Bertz CT molecular complexity index is 971. The molecule has 32 heavy (non-hydrogen) atoms. The number of carbonyl (C=O) groups excluding carboxylic acids is 2. The third kappa shape index (κ3) is 6.16. The molecule has 1 unspecified atom stereocenters. The summed E-state index contributed by atoms with van der Waals surface area (Å²) in [5.74, 6) is -0.406. The summed E-state index contributed by atoms with van der Waals surface area (Å²) >= 11 is 18.0. The summed E-state index contributed by atoms with van der Waals surface area (Å²) in [6.45, 7) is 0. The molecule has 170 valence electrons. The lowest BCUT2D eigenvalue weighted by Gasteiger charge is -2.31. The molecule has 2 saturated heterocycles. The van der Waals surface area contributed by atoms with Crippen LogP contribution in [0.25, 0.3) is 0 Å². The molecular formula is C24H26Cl3N3O2. The number of hydrogen-bond donors (Lipinski definition) is 3. The van der Waals surface area contributed by atoms with Gasteiger partial charge in [-0.25, -0.2) is 0 Å². The van der Waals surface area contributed by atoms with Gasteiger partial charge < -0.3 is 16.0 Å². The third-order valence-corrected chi connectivity index (χ3v) is 7.16. The van der Waals surface area contributed by atoms with Crippen LogP contribution in [0.5, 0.6) is 0 Å². The van der Waals surface area contributed by atoms with Gasteiger partial charge in [0.25, 0.3) is 0 Å². The SMILES string of the molecule is O=C(Cc1ccc(Cl)c(Cl)c1)N[C@H](Cc1ccc(Cl)cc1)C(=O)NC1C[C@H]2CC[C@@H](C1)N2. The van der Waals surface area contributed by atoms with Crippen LogP contribution in [0.3, 0.4) is 0 Å². The highest BCUT2D eigenvalue weighted by Gasteiger charge is 2.35. The number of halogens is 3. The molecule has 2 fully saturated rings. The van der Waals surface area contributed by atoms with Crippen molar-refractivity contribution in [2.45, 2.75) is 62.7 Å². The second-order valence-electron chi connectivity index (χ2n) is 8.69. The van der Waals surface area contributed by atoms with E-state index in [0.717, 1.165) is 36.8 Å². The quantitative estimate of drug-likeness (QED) is 0.537. The molecule has 2 amide bonds. The number of fused-ring (bicyclic) bond motifs is 2. The van der Waals surface area contributed by atoms with E-state index in [1.807, 2.05) is 12.1 Å². The zero-order valence-corrected chi connectivity index (χ0v) is 19.8. The van der Waals surface area contributed by atoms with Gasteiger partial charge in [0.1, 0.15) is 6.04 Å². The minimum Gasteiger partial charge on any atom is -0.351 e. The third-order valence-electron chi connectivity index (χ3n) is 6.17. The van der Waals surface area contributed by atoms with Crippen LogP contribution in [0.4, 0.5) is 0 Å². The van der Waals surface area contributed by atoms with Gasteiger partial charge in [0, 0.05) is 29.6 Å². The summed E-state index contributed by atoms with van der Waals surface area (Å²) in [5.41, 5.74) is 1.66. The van der Waals surface area contributed by atoms with Gasteiger partial charge in [0.05, 0.1) is 16.5 Å². The van der Waals surface area contributed by atoms with Gasteiger partial charge in [-0.1, -0.05) is 53.0 Å². The van der Waals surface area contributed by atoms with Crippen molar-refractivity contribution in [3.63, 3.8) is 0 Å². The summed E-state index contributed by atoms with van der Waals surface area (Å²) in [6.07, 6.45) is 4.66. The van der Waals surface area contributed by atoms with Gasteiger partial charge in [-0.15, -0.1) is 0 Å². The maximum atomic E-state index is 13.2. The molecule has 2 heterocycles. The summed E-state index contributed by atoms with van der Waals surface area (Å²) in [7, 11) is 0. The van der Waals surface area contributed by atoms with Crippen LogP contribution in [0.15, 0.2) is 42.5 Å². The number of rotatable bonds is 7. The van der Waals surface area contributed by atoms with Gasteiger partial charge in [0.2, 0.25) is 11.8 Å². The molecule has 4 atom stereocenters. The Balaban J connectivity index is 1.43. The molecule has 4 rings (SSSR count). The van der Waals surface area contributed by atoms with Crippen molar-refractivity contribution in [2.24, 2.45) is 0 Å². The Kier molecular flexibility index (Phi) is 7.62. The molecule has 3 N–H and O–H groups in total. The first-order valence-corrected chi connectivity index (χ1v) is 12.0. The van der Waals surface area contributed by atoms with Crippen molar-refractivity contribution in [2.75, 3.05) is 0 Å². The van der Waals surface area contributed by atoms with Crippen LogP contribution in [0.2, 0.25) is 15.1 Å². The molecule has 8 heteroatoms. The first-order valence-electron chi connectivity index (χ1n) is 10.9. The maximum Gasteiger partial charge on any atom is 0.243 e. The molecule has 5 nitrogen and oxygen atoms in total. The summed E-state index contributed by atoms with van der Waals surface area (Å²) in [4.78, 5) is 26.0. The molecule has 2 aromatic rings. The lowest BCUT2D eigenvalue weighted by atomic mass is 9.98. The molecule has 0 aromatic heterocycles. The summed E-state index contributed by atoms with van der Waals surface area (Å²) in [5, 5.41) is 11.1. The monoisotopic (exact) mass is 493 g/mol. The van der Waals surface area contributed by atoms with Crippen LogP contribution in [0, 0.1) is 0 Å². The van der Waals surface area contributed by atoms with E-state index in [0.29, 0.717) is 33.6 Å². The fraction of sp³-hybridized carbons (Fsp3) is 0.417. The van der Waals surface area contributed by atoms with E-state index in [1.54, 1.807) is 30.3 Å². The highest BCUT2D eigenvalue weighted by Crippen LogP contribution is 2.27. The van der Waals surface area contributed by atoms with E-state index in [9.17, 15) is 9.59 Å². The molecule has 0 spiro atoms. The highest BCUT2D eigenvalue weighted by atomic mass is 35.5. The zero-order chi connectivity index (χ0) is 22.7. The Morgan fingerprint density at radius 3 is 2.25 bits per heavy atom. The number of benzene rings is 2. The second-order valence-corrected chi connectivity index (χ2v) is 9.94. The highest BCUT2D eigenvalue weighted by molar-refractivity contribution is 6.42. The van der Waals surface area contributed by atoms with Gasteiger partial charge >= 0.3 is 0 Å². The van der Waals surface area contributed by atoms with Gasteiger partial charge in [-0.05, 0) is 61.1 Å². The summed E-state index contributed by atoms with van der Waals surface area (Å²) in [6, 6.07) is 12.8. The molecule has 2 aliphatic heterocycles. The molecule has 0 saturated carbocycles. The predicted octanol–water partition coefficient (Wildman–Crippen LogP) is 4.32. The number of amides is 2. The standard InChI is InChI=1S/C24H26Cl3N3O2/c25-16-4-1-14(2-5-16)10-22(24(32)29-19-12-17-6-7-18(13-19)28-17)30-23(31)11-15-3-8-20(26)21(27)9-15/h1-5,8-9,17-19,22,28H,6-7,10-13H2,(H,29,32)(H,30,31)/t17-,18+,19?,22-/m1/s1. The van der Waals surface area contributed by atoms with Crippen LogP contribution in [0.1, 0.15) is 36.8 Å². The molecule has 2 aromatic carbocycles. The fourth-order valence-electron chi connectivity index (χ4n) is 4.62. The molecule has 0 aliphatic carbocycles. The van der Waals surface area contributed by atoms with E-state index < -0.39 is 6.04 Å². The van der Waals surface area contributed by atoms with Gasteiger partial charge in [0.15, 0.2) is 0 Å². The van der Waals surface area contributed by atoms with Crippen molar-refractivity contribution in [3.05, 3.63) is 68.7 Å². The smallest absolute Gasteiger partial charge is 0.243 e. The first-order chi connectivity index (χ1) is 15.4. The number of carbonyl (C=O) groups is 2. The molecular weight excluding hydrogens is 469 g/mol.